The van der Waals surface area contributed by atoms with Gasteiger partial charge in [0.15, 0.2) is 5.58 Å². The second kappa shape index (κ2) is 8.00. The molecule has 9 heteroatoms. The van der Waals surface area contributed by atoms with Gasteiger partial charge in [0.25, 0.3) is 0 Å². The van der Waals surface area contributed by atoms with E-state index in [1.165, 1.54) is 10.4 Å². The maximum absolute atomic E-state index is 13.2. The molecule has 5 nitrogen and oxygen atoms in total. The number of sulfonamides is 1. The highest BCUT2D eigenvalue weighted by Gasteiger charge is 2.39. The van der Waals surface area contributed by atoms with Crippen molar-refractivity contribution in [2.24, 2.45) is 0 Å². The lowest BCUT2D eigenvalue weighted by Crippen LogP contribution is -2.30. The van der Waals surface area contributed by atoms with Gasteiger partial charge in [-0.2, -0.15) is 17.5 Å². The summed E-state index contributed by atoms with van der Waals surface area (Å²) in [6.07, 6.45) is -3.19. The Morgan fingerprint density at radius 2 is 1.70 bits per heavy atom. The van der Waals surface area contributed by atoms with Crippen LogP contribution in [0, 0.1) is 0 Å². The minimum atomic E-state index is -4.43. The van der Waals surface area contributed by atoms with Crippen LogP contribution in [0.5, 0.6) is 0 Å². The molecule has 0 aliphatic carbocycles. The van der Waals surface area contributed by atoms with Crippen molar-refractivity contribution in [2.75, 3.05) is 6.54 Å². The fraction of sp³-hybridized carbons (Fsp3) is 0.208. The number of aromatic nitrogens is 1. The Labute approximate surface area is 188 Å². The van der Waals surface area contributed by atoms with Gasteiger partial charge in [-0.25, -0.2) is 13.4 Å². The van der Waals surface area contributed by atoms with Crippen LogP contribution in [0.25, 0.3) is 22.2 Å². The molecule has 0 amide bonds. The van der Waals surface area contributed by atoms with Gasteiger partial charge in [-0.3, -0.25) is 0 Å². The van der Waals surface area contributed by atoms with E-state index < -0.39 is 27.8 Å². The summed E-state index contributed by atoms with van der Waals surface area (Å²) in [5.41, 5.74) is 1.15. The van der Waals surface area contributed by atoms with Gasteiger partial charge in [0.05, 0.1) is 10.5 Å². The summed E-state index contributed by atoms with van der Waals surface area (Å²) in [6.45, 7) is 0.357. The van der Waals surface area contributed by atoms with E-state index in [4.69, 9.17) is 4.42 Å². The average molecular weight is 472 g/mol. The van der Waals surface area contributed by atoms with Crippen LogP contribution in [0.3, 0.4) is 0 Å². The molecule has 3 aromatic carbocycles. The number of benzene rings is 3. The Balaban J connectivity index is 1.49. The second-order valence-electron chi connectivity index (χ2n) is 7.90. The van der Waals surface area contributed by atoms with Gasteiger partial charge in [-0.05, 0) is 60.4 Å². The standard InChI is InChI=1S/C24H19F3N2O3S/c25-24(26,27)18-7-4-6-16(14-18)17-11-12-22-20(15-17)28-23(32-22)21-10-5-13-29(21)33(30,31)19-8-2-1-3-9-19/h1-4,6-9,11-12,14-15,21H,5,10,13H2. The van der Waals surface area contributed by atoms with Crippen LogP contribution in [-0.4, -0.2) is 24.3 Å². The van der Waals surface area contributed by atoms with E-state index >= 15 is 0 Å². The van der Waals surface area contributed by atoms with E-state index in [0.29, 0.717) is 41.6 Å². The van der Waals surface area contributed by atoms with Crippen LogP contribution in [0.1, 0.15) is 30.3 Å². The van der Waals surface area contributed by atoms with Gasteiger partial charge in [-0.1, -0.05) is 36.4 Å². The zero-order chi connectivity index (χ0) is 23.2. The van der Waals surface area contributed by atoms with Crippen molar-refractivity contribution >= 4 is 21.1 Å². The van der Waals surface area contributed by atoms with Crippen molar-refractivity contribution in [1.29, 1.82) is 0 Å². The Kier molecular flexibility index (Phi) is 5.25. The number of oxazole rings is 1. The molecule has 0 N–H and O–H groups in total. The first kappa shape index (κ1) is 21.7. The maximum Gasteiger partial charge on any atom is 0.416 e. The van der Waals surface area contributed by atoms with Gasteiger partial charge < -0.3 is 4.42 Å². The summed E-state index contributed by atoms with van der Waals surface area (Å²) in [7, 11) is -3.72. The number of fused-ring (bicyclic) bond motifs is 1. The lowest BCUT2D eigenvalue weighted by atomic mass is 10.0. The van der Waals surface area contributed by atoms with Crippen LogP contribution in [0.15, 0.2) is 82.1 Å². The molecule has 1 fully saturated rings. The van der Waals surface area contributed by atoms with Gasteiger partial charge in [0, 0.05) is 6.54 Å². The molecule has 1 aromatic heterocycles. The maximum atomic E-state index is 13.2. The van der Waals surface area contributed by atoms with Gasteiger partial charge in [0.1, 0.15) is 11.6 Å². The van der Waals surface area contributed by atoms with Crippen LogP contribution < -0.4 is 0 Å². The quantitative estimate of drug-likeness (QED) is 0.363. The van der Waals surface area contributed by atoms with Gasteiger partial charge in [0.2, 0.25) is 15.9 Å². The highest BCUT2D eigenvalue weighted by molar-refractivity contribution is 7.89. The number of hydrogen-bond acceptors (Lipinski definition) is 4. The molecule has 4 aromatic rings. The molecule has 0 radical (unpaired) electrons. The first-order valence-electron chi connectivity index (χ1n) is 10.4. The van der Waals surface area contributed by atoms with Crippen molar-refractivity contribution in [2.45, 2.75) is 30.0 Å². The van der Waals surface area contributed by atoms with Crippen molar-refractivity contribution in [3.8, 4) is 11.1 Å². The topological polar surface area (TPSA) is 63.4 Å². The van der Waals surface area contributed by atoms with Crippen LogP contribution >= 0.6 is 0 Å². The van der Waals surface area contributed by atoms with E-state index in [1.807, 2.05) is 0 Å². The van der Waals surface area contributed by atoms with Crippen molar-refractivity contribution in [3.05, 3.63) is 84.3 Å². The largest absolute Gasteiger partial charge is 0.439 e. The average Bonchev–Trinajstić information content (AvgIpc) is 3.46. The summed E-state index contributed by atoms with van der Waals surface area (Å²) >= 11 is 0. The van der Waals surface area contributed by atoms with Crippen LogP contribution in [0.2, 0.25) is 0 Å². The Morgan fingerprint density at radius 1 is 0.939 bits per heavy atom. The molecule has 1 aliphatic heterocycles. The number of hydrogen-bond donors (Lipinski definition) is 0. The summed E-state index contributed by atoms with van der Waals surface area (Å²) in [5.74, 6) is 0.281. The number of alkyl halides is 3. The second-order valence-corrected chi connectivity index (χ2v) is 9.79. The predicted molar refractivity (Wildman–Crippen MR) is 117 cm³/mol. The highest BCUT2D eigenvalue weighted by Crippen LogP contribution is 2.38. The Bertz CT molecular complexity index is 1420. The van der Waals surface area contributed by atoms with E-state index in [-0.39, 0.29) is 10.8 Å². The molecular weight excluding hydrogens is 453 g/mol. The molecule has 1 atom stereocenters. The normalized spacial score (nSPS) is 17.6. The molecule has 2 heterocycles. The number of halogens is 3. The van der Waals surface area contributed by atoms with Crippen molar-refractivity contribution < 1.29 is 26.0 Å². The third-order valence-corrected chi connectivity index (χ3v) is 7.69. The zero-order valence-corrected chi connectivity index (χ0v) is 18.1. The van der Waals surface area contributed by atoms with E-state index in [0.717, 1.165) is 12.1 Å². The molecule has 33 heavy (non-hydrogen) atoms. The molecule has 1 unspecified atom stereocenters. The fourth-order valence-electron chi connectivity index (χ4n) is 4.14. The minimum absolute atomic E-state index is 0.208. The zero-order valence-electron chi connectivity index (χ0n) is 17.3. The molecule has 0 bridgehead atoms. The van der Waals surface area contributed by atoms with E-state index in [2.05, 4.69) is 4.98 Å². The molecule has 1 saturated heterocycles. The third-order valence-electron chi connectivity index (χ3n) is 5.77. The minimum Gasteiger partial charge on any atom is -0.439 e. The SMILES string of the molecule is O=S(=O)(c1ccccc1)N1CCCC1c1nc2cc(-c3cccc(C(F)(F)F)c3)ccc2o1. The summed E-state index contributed by atoms with van der Waals surface area (Å²) in [5, 5.41) is 0. The van der Waals surface area contributed by atoms with Crippen LogP contribution in [0.4, 0.5) is 13.2 Å². The summed E-state index contributed by atoms with van der Waals surface area (Å²) in [6, 6.07) is 17.7. The summed E-state index contributed by atoms with van der Waals surface area (Å²) < 4.78 is 72.9. The van der Waals surface area contributed by atoms with Crippen molar-refractivity contribution in [3.63, 3.8) is 0 Å². The molecule has 5 rings (SSSR count). The van der Waals surface area contributed by atoms with Crippen LogP contribution in [-0.2, 0) is 16.2 Å². The molecule has 0 spiro atoms. The van der Waals surface area contributed by atoms with Crippen molar-refractivity contribution in [1.82, 2.24) is 9.29 Å². The first-order valence-corrected chi connectivity index (χ1v) is 11.8. The molecular formula is C24H19F3N2O3S. The van der Waals surface area contributed by atoms with Gasteiger partial charge >= 0.3 is 6.18 Å². The third kappa shape index (κ3) is 4.02. The lowest BCUT2D eigenvalue weighted by Gasteiger charge is -2.21. The van der Waals surface area contributed by atoms with E-state index in [9.17, 15) is 21.6 Å². The van der Waals surface area contributed by atoms with E-state index in [1.54, 1.807) is 54.6 Å². The first-order chi connectivity index (χ1) is 15.7. The highest BCUT2D eigenvalue weighted by atomic mass is 32.2. The lowest BCUT2D eigenvalue weighted by molar-refractivity contribution is -0.137. The smallest absolute Gasteiger partial charge is 0.416 e. The Morgan fingerprint density at radius 3 is 2.45 bits per heavy atom. The predicted octanol–water partition coefficient (Wildman–Crippen LogP) is 6.04. The number of rotatable bonds is 4. The molecule has 170 valence electrons. The molecule has 1 aliphatic rings. The molecule has 0 saturated carbocycles. The van der Waals surface area contributed by atoms with Gasteiger partial charge in [-0.15, -0.1) is 0 Å². The fourth-order valence-corrected chi connectivity index (χ4v) is 5.82. The summed E-state index contributed by atoms with van der Waals surface area (Å²) in [4.78, 5) is 4.72. The Hall–Kier alpha value is -3.17. The number of nitrogens with zero attached hydrogens (tertiary/aromatic N) is 2. The monoisotopic (exact) mass is 472 g/mol.